The number of ether oxygens (including phenoxy) is 1. The summed E-state index contributed by atoms with van der Waals surface area (Å²) in [6, 6.07) is 0. The van der Waals surface area contributed by atoms with Gasteiger partial charge in [-0.15, -0.1) is 0 Å². The van der Waals surface area contributed by atoms with E-state index in [0.717, 1.165) is 38.9 Å². The molecule has 1 unspecified atom stereocenters. The van der Waals surface area contributed by atoms with Crippen molar-refractivity contribution in [2.75, 3.05) is 13.2 Å². The first kappa shape index (κ1) is 10.5. The summed E-state index contributed by atoms with van der Waals surface area (Å²) in [7, 11) is 0. The lowest BCUT2D eigenvalue weighted by atomic mass is 9.89. The highest BCUT2D eigenvalue weighted by Crippen LogP contribution is 2.23. The maximum absolute atomic E-state index is 10.8. The molecule has 1 saturated heterocycles. The third kappa shape index (κ3) is 3.35. The van der Waals surface area contributed by atoms with Crippen molar-refractivity contribution in [3.63, 3.8) is 0 Å². The van der Waals surface area contributed by atoms with Gasteiger partial charge in [0.05, 0.1) is 5.92 Å². The van der Waals surface area contributed by atoms with Crippen LogP contribution in [0.4, 0.5) is 0 Å². The van der Waals surface area contributed by atoms with Gasteiger partial charge in [-0.05, 0) is 31.6 Å². The highest BCUT2D eigenvalue weighted by Gasteiger charge is 2.22. The number of rotatable bonds is 4. The molecule has 2 atom stereocenters. The van der Waals surface area contributed by atoms with Crippen molar-refractivity contribution in [3.05, 3.63) is 0 Å². The van der Waals surface area contributed by atoms with Gasteiger partial charge in [-0.3, -0.25) is 4.79 Å². The predicted molar refractivity (Wildman–Crippen MR) is 49.6 cm³/mol. The van der Waals surface area contributed by atoms with Crippen LogP contribution in [-0.2, 0) is 9.53 Å². The molecule has 1 aliphatic rings. The van der Waals surface area contributed by atoms with E-state index < -0.39 is 5.97 Å². The van der Waals surface area contributed by atoms with E-state index in [2.05, 4.69) is 0 Å². The van der Waals surface area contributed by atoms with Gasteiger partial charge in [0.2, 0.25) is 0 Å². The van der Waals surface area contributed by atoms with Crippen molar-refractivity contribution in [3.8, 4) is 0 Å². The van der Waals surface area contributed by atoms with Crippen molar-refractivity contribution >= 4 is 5.97 Å². The average Bonchev–Trinajstić information content (AvgIpc) is 2.15. The minimum Gasteiger partial charge on any atom is -0.481 e. The zero-order valence-electron chi connectivity index (χ0n) is 8.16. The molecule has 0 aromatic carbocycles. The van der Waals surface area contributed by atoms with Crippen LogP contribution in [0, 0.1) is 11.8 Å². The van der Waals surface area contributed by atoms with Gasteiger partial charge in [-0.25, -0.2) is 0 Å². The molecule has 76 valence electrons. The third-order valence-corrected chi connectivity index (χ3v) is 2.71. The molecule has 1 fully saturated rings. The molecule has 0 aromatic heterocycles. The molecule has 0 aliphatic carbocycles. The number of carboxylic acid groups (broad SMARTS) is 1. The lowest BCUT2D eigenvalue weighted by Crippen LogP contribution is -2.23. The molecule has 1 N–H and O–H groups in total. The van der Waals surface area contributed by atoms with Gasteiger partial charge in [0, 0.05) is 13.2 Å². The zero-order chi connectivity index (χ0) is 9.68. The number of hydrogen-bond donors (Lipinski definition) is 1. The molecule has 0 amide bonds. The van der Waals surface area contributed by atoms with Crippen LogP contribution in [0.3, 0.4) is 0 Å². The van der Waals surface area contributed by atoms with Crippen LogP contribution in [0.15, 0.2) is 0 Å². The van der Waals surface area contributed by atoms with Gasteiger partial charge < -0.3 is 9.84 Å². The molecule has 13 heavy (non-hydrogen) atoms. The predicted octanol–water partition coefficient (Wildman–Crippen LogP) is 1.91. The van der Waals surface area contributed by atoms with Gasteiger partial charge in [-0.2, -0.15) is 0 Å². The Bertz CT molecular complexity index is 162. The summed E-state index contributed by atoms with van der Waals surface area (Å²) in [6.07, 6.45) is 3.72. The van der Waals surface area contributed by atoms with Gasteiger partial charge >= 0.3 is 5.97 Å². The smallest absolute Gasteiger partial charge is 0.306 e. The molecule has 0 saturated carbocycles. The summed E-state index contributed by atoms with van der Waals surface area (Å²) in [4.78, 5) is 10.8. The monoisotopic (exact) mass is 186 g/mol. The number of carbonyl (C=O) groups is 1. The average molecular weight is 186 g/mol. The quantitative estimate of drug-likeness (QED) is 0.729. The topological polar surface area (TPSA) is 46.5 Å². The fourth-order valence-electron chi connectivity index (χ4n) is 1.84. The summed E-state index contributed by atoms with van der Waals surface area (Å²) in [5, 5.41) is 8.86. The van der Waals surface area contributed by atoms with Gasteiger partial charge in [0.15, 0.2) is 0 Å². The largest absolute Gasteiger partial charge is 0.481 e. The molecular weight excluding hydrogens is 168 g/mol. The molecule has 1 rings (SSSR count). The molecule has 0 aromatic rings. The van der Waals surface area contributed by atoms with Crippen molar-refractivity contribution in [2.24, 2.45) is 11.8 Å². The Labute approximate surface area is 79.1 Å². The molecule has 1 aliphatic heterocycles. The summed E-state index contributed by atoms with van der Waals surface area (Å²) in [6.45, 7) is 3.53. The van der Waals surface area contributed by atoms with E-state index in [1.807, 2.05) is 6.92 Å². The summed E-state index contributed by atoms with van der Waals surface area (Å²) in [5.74, 6) is -0.366. The minimum absolute atomic E-state index is 0.174. The number of hydrogen-bond acceptors (Lipinski definition) is 2. The van der Waals surface area contributed by atoms with Crippen molar-refractivity contribution in [1.29, 1.82) is 0 Å². The van der Waals surface area contributed by atoms with Gasteiger partial charge in [-0.1, -0.05) is 6.92 Å². The Morgan fingerprint density at radius 1 is 1.69 bits per heavy atom. The Morgan fingerprint density at radius 3 is 2.92 bits per heavy atom. The molecule has 3 nitrogen and oxygen atoms in total. The summed E-state index contributed by atoms with van der Waals surface area (Å²) in [5.41, 5.74) is 0. The minimum atomic E-state index is -0.659. The van der Waals surface area contributed by atoms with E-state index in [0.29, 0.717) is 5.92 Å². The summed E-state index contributed by atoms with van der Waals surface area (Å²) >= 11 is 0. The second-order valence-electron chi connectivity index (χ2n) is 3.76. The molecule has 0 radical (unpaired) electrons. The zero-order valence-corrected chi connectivity index (χ0v) is 8.16. The van der Waals surface area contributed by atoms with Crippen LogP contribution in [0.1, 0.15) is 32.6 Å². The van der Waals surface area contributed by atoms with Crippen LogP contribution >= 0.6 is 0 Å². The van der Waals surface area contributed by atoms with E-state index in [4.69, 9.17) is 9.84 Å². The van der Waals surface area contributed by atoms with Crippen LogP contribution in [0.5, 0.6) is 0 Å². The molecule has 0 bridgehead atoms. The number of aliphatic carboxylic acids is 1. The van der Waals surface area contributed by atoms with E-state index in [1.165, 1.54) is 0 Å². The van der Waals surface area contributed by atoms with Gasteiger partial charge in [0.1, 0.15) is 0 Å². The lowest BCUT2D eigenvalue weighted by Gasteiger charge is -2.24. The van der Waals surface area contributed by atoms with Crippen LogP contribution < -0.4 is 0 Å². The lowest BCUT2D eigenvalue weighted by molar-refractivity contribution is -0.142. The molecule has 3 heteroatoms. The Morgan fingerprint density at radius 2 is 2.46 bits per heavy atom. The second-order valence-corrected chi connectivity index (χ2v) is 3.76. The van der Waals surface area contributed by atoms with Crippen LogP contribution in [0.25, 0.3) is 0 Å². The van der Waals surface area contributed by atoms with Crippen LogP contribution in [-0.4, -0.2) is 24.3 Å². The van der Waals surface area contributed by atoms with E-state index in [1.54, 1.807) is 0 Å². The highest BCUT2D eigenvalue weighted by atomic mass is 16.5. The van der Waals surface area contributed by atoms with E-state index in [9.17, 15) is 4.79 Å². The second kappa shape index (κ2) is 5.22. The Kier molecular flexibility index (Phi) is 4.22. The summed E-state index contributed by atoms with van der Waals surface area (Å²) < 4.78 is 5.31. The van der Waals surface area contributed by atoms with E-state index in [-0.39, 0.29) is 5.92 Å². The fraction of sp³-hybridized carbons (Fsp3) is 0.900. The van der Waals surface area contributed by atoms with E-state index >= 15 is 0 Å². The maximum atomic E-state index is 10.8. The first-order valence-electron chi connectivity index (χ1n) is 5.04. The van der Waals surface area contributed by atoms with Crippen LogP contribution in [0.2, 0.25) is 0 Å². The maximum Gasteiger partial charge on any atom is 0.306 e. The van der Waals surface area contributed by atoms with Crippen molar-refractivity contribution in [1.82, 2.24) is 0 Å². The highest BCUT2D eigenvalue weighted by molar-refractivity contribution is 5.69. The van der Waals surface area contributed by atoms with Crippen molar-refractivity contribution < 1.29 is 14.6 Å². The number of carboxylic acids is 1. The van der Waals surface area contributed by atoms with Gasteiger partial charge in [0.25, 0.3) is 0 Å². The standard InChI is InChI=1S/C10H18O3/c1-2-9(10(11)12)6-8-4-3-5-13-7-8/h8-9H,2-7H2,1H3,(H,11,12)/t8-,9?/m1/s1. The molecule has 1 heterocycles. The SMILES string of the molecule is CCC(C[C@H]1CCCOC1)C(=O)O. The fourth-order valence-corrected chi connectivity index (χ4v) is 1.84. The molecular formula is C10H18O3. The Hall–Kier alpha value is -0.570. The third-order valence-electron chi connectivity index (χ3n) is 2.71. The first-order valence-corrected chi connectivity index (χ1v) is 5.04. The first-order chi connectivity index (χ1) is 6.24. The molecule has 0 spiro atoms. The normalized spacial score (nSPS) is 25.5. The Balaban J connectivity index is 2.31. The van der Waals surface area contributed by atoms with Crippen molar-refractivity contribution in [2.45, 2.75) is 32.6 Å².